The molecule has 7 heteroatoms. The van der Waals surface area contributed by atoms with E-state index in [1.807, 2.05) is 37.4 Å². The lowest BCUT2D eigenvalue weighted by Crippen LogP contribution is -2.04. The van der Waals surface area contributed by atoms with E-state index in [1.54, 1.807) is 19.4 Å². The highest BCUT2D eigenvalue weighted by atomic mass is 35.5. The predicted octanol–water partition coefficient (Wildman–Crippen LogP) is 4.20. The Morgan fingerprint density at radius 2 is 2.00 bits per heavy atom. The van der Waals surface area contributed by atoms with E-state index in [4.69, 9.17) is 16.3 Å². The number of aromatic nitrogens is 3. The van der Waals surface area contributed by atoms with Crippen LogP contribution in [0.25, 0.3) is 0 Å². The summed E-state index contributed by atoms with van der Waals surface area (Å²) < 4.78 is 5.38. The molecule has 128 valence electrons. The lowest BCUT2D eigenvalue weighted by molar-refractivity contribution is 0.416. The first-order valence-corrected chi connectivity index (χ1v) is 8.09. The van der Waals surface area contributed by atoms with Crippen molar-refractivity contribution in [3.8, 4) is 5.75 Å². The zero-order valence-electron chi connectivity index (χ0n) is 14.0. The van der Waals surface area contributed by atoms with Gasteiger partial charge in [-0.05, 0) is 30.2 Å². The summed E-state index contributed by atoms with van der Waals surface area (Å²) in [6, 6.07) is 9.44. The van der Waals surface area contributed by atoms with E-state index in [2.05, 4.69) is 25.6 Å². The molecule has 3 rings (SSSR count). The summed E-state index contributed by atoms with van der Waals surface area (Å²) in [6.45, 7) is 2.57. The molecule has 0 saturated carbocycles. The second-order valence-electron chi connectivity index (χ2n) is 5.43. The van der Waals surface area contributed by atoms with Crippen molar-refractivity contribution in [1.82, 2.24) is 15.0 Å². The minimum absolute atomic E-state index is 0.633. The summed E-state index contributed by atoms with van der Waals surface area (Å²) in [5.41, 5.74) is 2.82. The first-order chi connectivity index (χ1) is 12.2. The molecule has 0 amide bonds. The molecule has 0 aliphatic carbocycles. The fourth-order valence-electron chi connectivity index (χ4n) is 2.29. The molecule has 0 radical (unpaired) electrons. The maximum atomic E-state index is 6.14. The maximum Gasteiger partial charge on any atom is 0.143 e. The van der Waals surface area contributed by atoms with Crippen LogP contribution in [0.2, 0.25) is 5.02 Å². The Bertz CT molecular complexity index is 857. The van der Waals surface area contributed by atoms with Crippen LogP contribution in [0.15, 0.2) is 49.1 Å². The molecule has 2 N–H and O–H groups in total. The van der Waals surface area contributed by atoms with Crippen LogP contribution in [0, 0.1) is 6.92 Å². The van der Waals surface area contributed by atoms with Crippen LogP contribution in [-0.2, 0) is 6.54 Å². The van der Waals surface area contributed by atoms with Crippen molar-refractivity contribution in [1.29, 1.82) is 0 Å². The molecule has 0 aliphatic rings. The molecule has 1 aromatic carbocycles. The van der Waals surface area contributed by atoms with E-state index >= 15 is 0 Å². The van der Waals surface area contributed by atoms with Gasteiger partial charge in [-0.1, -0.05) is 17.7 Å². The van der Waals surface area contributed by atoms with Gasteiger partial charge in [-0.15, -0.1) is 0 Å². The molecule has 0 spiro atoms. The molecule has 0 unspecified atom stereocenters. The minimum Gasteiger partial charge on any atom is -0.495 e. The molecule has 2 aromatic heterocycles. The molecular formula is C18H18ClN5O. The lowest BCUT2D eigenvalue weighted by atomic mass is 10.2. The highest BCUT2D eigenvalue weighted by Gasteiger charge is 2.08. The number of hydrogen-bond acceptors (Lipinski definition) is 6. The number of aryl methyl sites for hydroxylation is 1. The van der Waals surface area contributed by atoms with Crippen LogP contribution < -0.4 is 15.4 Å². The number of rotatable bonds is 6. The van der Waals surface area contributed by atoms with Crippen molar-refractivity contribution in [2.24, 2.45) is 0 Å². The van der Waals surface area contributed by atoms with Crippen LogP contribution in [0.5, 0.6) is 5.75 Å². The van der Waals surface area contributed by atoms with E-state index in [0.717, 1.165) is 16.8 Å². The third-order valence-corrected chi connectivity index (χ3v) is 4.01. The van der Waals surface area contributed by atoms with Gasteiger partial charge in [-0.3, -0.25) is 4.98 Å². The maximum absolute atomic E-state index is 6.14. The molecule has 0 aliphatic heterocycles. The number of anilines is 3. The quantitative estimate of drug-likeness (QED) is 0.690. The molecule has 0 atom stereocenters. The molecule has 0 bridgehead atoms. The monoisotopic (exact) mass is 355 g/mol. The molecule has 0 saturated heterocycles. The Morgan fingerprint density at radius 3 is 2.76 bits per heavy atom. The highest BCUT2D eigenvalue weighted by Crippen LogP contribution is 2.32. The van der Waals surface area contributed by atoms with Gasteiger partial charge in [-0.25, -0.2) is 9.97 Å². The Balaban J connectivity index is 1.75. The zero-order valence-corrected chi connectivity index (χ0v) is 14.7. The van der Waals surface area contributed by atoms with E-state index in [9.17, 15) is 0 Å². The van der Waals surface area contributed by atoms with Crippen LogP contribution in [0.4, 0.5) is 17.3 Å². The fourth-order valence-corrected chi connectivity index (χ4v) is 2.44. The summed E-state index contributed by atoms with van der Waals surface area (Å²) in [5, 5.41) is 7.15. The second-order valence-corrected chi connectivity index (χ2v) is 5.84. The number of nitrogens with one attached hydrogen (secondary N) is 2. The third-order valence-electron chi connectivity index (χ3n) is 3.61. The molecule has 3 aromatic rings. The summed E-state index contributed by atoms with van der Waals surface area (Å²) >= 11 is 6.14. The lowest BCUT2D eigenvalue weighted by Gasteiger charge is -2.13. The van der Waals surface area contributed by atoms with Gasteiger partial charge in [0.25, 0.3) is 0 Å². The largest absolute Gasteiger partial charge is 0.495 e. The van der Waals surface area contributed by atoms with Crippen LogP contribution in [0.1, 0.15) is 11.1 Å². The summed E-state index contributed by atoms with van der Waals surface area (Å²) in [7, 11) is 1.60. The van der Waals surface area contributed by atoms with Gasteiger partial charge >= 0.3 is 0 Å². The Hall–Kier alpha value is -2.86. The number of methoxy groups -OCH3 is 1. The normalized spacial score (nSPS) is 10.4. The van der Waals surface area contributed by atoms with E-state index < -0.39 is 0 Å². The molecule has 2 heterocycles. The molecular weight excluding hydrogens is 338 g/mol. The van der Waals surface area contributed by atoms with E-state index in [-0.39, 0.29) is 0 Å². The summed E-state index contributed by atoms with van der Waals surface area (Å²) in [4.78, 5) is 12.6. The zero-order chi connectivity index (χ0) is 17.6. The second kappa shape index (κ2) is 7.81. The first kappa shape index (κ1) is 17.0. The molecule has 6 nitrogen and oxygen atoms in total. The average Bonchev–Trinajstić information content (AvgIpc) is 2.64. The Morgan fingerprint density at radius 1 is 1.16 bits per heavy atom. The number of nitrogens with zero attached hydrogens (tertiary/aromatic N) is 3. The van der Waals surface area contributed by atoms with Crippen molar-refractivity contribution >= 4 is 28.9 Å². The van der Waals surface area contributed by atoms with Gasteiger partial charge in [0.2, 0.25) is 0 Å². The van der Waals surface area contributed by atoms with Crippen LogP contribution >= 0.6 is 11.6 Å². The standard InChI is InChI=1S/C18H18ClN5O/c1-12-6-15(16(25-2)7-14(12)19)24-18-8-17(22-11-23-18)21-10-13-4-3-5-20-9-13/h3-9,11H,10H2,1-2H3,(H2,21,22,23,24). The van der Waals surface area contributed by atoms with Crippen LogP contribution in [-0.4, -0.2) is 22.1 Å². The smallest absolute Gasteiger partial charge is 0.143 e. The average molecular weight is 356 g/mol. The third kappa shape index (κ3) is 4.36. The van der Waals surface area contributed by atoms with Crippen molar-refractivity contribution in [2.45, 2.75) is 13.5 Å². The number of ether oxygens (including phenoxy) is 1. The van der Waals surface area contributed by atoms with Gasteiger partial charge in [0, 0.05) is 36.1 Å². The van der Waals surface area contributed by atoms with Gasteiger partial charge in [0.1, 0.15) is 23.7 Å². The van der Waals surface area contributed by atoms with Crippen molar-refractivity contribution in [2.75, 3.05) is 17.7 Å². The van der Waals surface area contributed by atoms with Crippen molar-refractivity contribution in [3.05, 3.63) is 65.2 Å². The van der Waals surface area contributed by atoms with Gasteiger partial charge < -0.3 is 15.4 Å². The number of pyridine rings is 1. The molecule has 0 fully saturated rings. The van der Waals surface area contributed by atoms with E-state index in [1.165, 1.54) is 6.33 Å². The van der Waals surface area contributed by atoms with E-state index in [0.29, 0.717) is 29.0 Å². The van der Waals surface area contributed by atoms with Gasteiger partial charge in [-0.2, -0.15) is 0 Å². The van der Waals surface area contributed by atoms with Gasteiger partial charge in [0.15, 0.2) is 0 Å². The Kier molecular flexibility index (Phi) is 5.30. The number of benzene rings is 1. The fraction of sp³-hybridized carbons (Fsp3) is 0.167. The highest BCUT2D eigenvalue weighted by molar-refractivity contribution is 6.31. The van der Waals surface area contributed by atoms with Gasteiger partial charge in [0.05, 0.1) is 12.8 Å². The summed E-state index contributed by atoms with van der Waals surface area (Å²) in [6.07, 6.45) is 5.07. The number of halogens is 1. The predicted molar refractivity (Wildman–Crippen MR) is 99.6 cm³/mol. The first-order valence-electron chi connectivity index (χ1n) is 7.71. The van der Waals surface area contributed by atoms with Crippen molar-refractivity contribution < 1.29 is 4.74 Å². The number of hydrogen-bond donors (Lipinski definition) is 2. The summed E-state index contributed by atoms with van der Waals surface area (Å²) in [5.74, 6) is 2.02. The Labute approximate surface area is 151 Å². The minimum atomic E-state index is 0.633. The van der Waals surface area contributed by atoms with Crippen LogP contribution in [0.3, 0.4) is 0 Å². The molecule has 25 heavy (non-hydrogen) atoms. The topological polar surface area (TPSA) is 72.0 Å². The van der Waals surface area contributed by atoms with Crippen molar-refractivity contribution in [3.63, 3.8) is 0 Å². The SMILES string of the molecule is COc1cc(Cl)c(C)cc1Nc1cc(NCc2cccnc2)ncn1.